The highest BCUT2D eigenvalue weighted by Gasteiger charge is 2.25. The van der Waals surface area contributed by atoms with Gasteiger partial charge in [-0.1, -0.05) is 0 Å². The zero-order valence-electron chi connectivity index (χ0n) is 8.04. The summed E-state index contributed by atoms with van der Waals surface area (Å²) in [4.78, 5) is 1.46. The molecule has 2 heterocycles. The lowest BCUT2D eigenvalue weighted by atomic mass is 10.0. The molecule has 1 aromatic heterocycles. The molecule has 0 aliphatic carbocycles. The standard InChI is InChI=1S/C10H15NOS/c1-7(12-2)9-10-8(3-5-11-9)4-6-13-10/h4,6-7,9,11H,3,5H2,1-2H3. The number of ether oxygens (including phenoxy) is 1. The lowest BCUT2D eigenvalue weighted by Gasteiger charge is -2.28. The molecule has 13 heavy (non-hydrogen) atoms. The zero-order chi connectivity index (χ0) is 9.26. The van der Waals surface area contributed by atoms with E-state index < -0.39 is 0 Å². The molecule has 0 aromatic carbocycles. The van der Waals surface area contributed by atoms with Gasteiger partial charge in [-0.25, -0.2) is 0 Å². The number of hydrogen-bond acceptors (Lipinski definition) is 3. The fourth-order valence-corrected chi connectivity index (χ4v) is 2.92. The average molecular weight is 197 g/mol. The third kappa shape index (κ3) is 1.64. The number of rotatable bonds is 2. The number of hydrogen-bond donors (Lipinski definition) is 1. The second-order valence-electron chi connectivity index (χ2n) is 3.43. The molecule has 0 saturated carbocycles. The van der Waals surface area contributed by atoms with Crippen LogP contribution in [0.2, 0.25) is 0 Å². The van der Waals surface area contributed by atoms with Crippen molar-refractivity contribution in [2.24, 2.45) is 0 Å². The van der Waals surface area contributed by atoms with E-state index in [2.05, 4.69) is 23.7 Å². The van der Waals surface area contributed by atoms with E-state index in [4.69, 9.17) is 4.74 Å². The fourth-order valence-electron chi connectivity index (χ4n) is 1.80. The van der Waals surface area contributed by atoms with E-state index in [1.165, 1.54) is 10.4 Å². The summed E-state index contributed by atoms with van der Waals surface area (Å²) in [7, 11) is 1.77. The van der Waals surface area contributed by atoms with E-state index in [1.54, 1.807) is 7.11 Å². The first-order valence-corrected chi connectivity index (χ1v) is 5.53. The highest BCUT2D eigenvalue weighted by Crippen LogP contribution is 2.30. The van der Waals surface area contributed by atoms with Gasteiger partial charge in [0.2, 0.25) is 0 Å². The molecule has 0 radical (unpaired) electrons. The van der Waals surface area contributed by atoms with E-state index in [0.717, 1.165) is 13.0 Å². The normalized spacial score (nSPS) is 24.0. The van der Waals surface area contributed by atoms with E-state index in [1.807, 2.05) is 11.3 Å². The predicted molar refractivity (Wildman–Crippen MR) is 55.2 cm³/mol. The molecular weight excluding hydrogens is 182 g/mol. The monoisotopic (exact) mass is 197 g/mol. The Labute approximate surface area is 82.9 Å². The summed E-state index contributed by atoms with van der Waals surface area (Å²) >= 11 is 1.83. The van der Waals surface area contributed by atoms with Gasteiger partial charge in [0.15, 0.2) is 0 Å². The highest BCUT2D eigenvalue weighted by atomic mass is 32.1. The number of nitrogens with one attached hydrogen (secondary N) is 1. The average Bonchev–Trinajstić information content (AvgIpc) is 2.63. The smallest absolute Gasteiger partial charge is 0.0745 e. The molecule has 1 N–H and O–H groups in total. The van der Waals surface area contributed by atoms with Crippen molar-refractivity contribution >= 4 is 11.3 Å². The van der Waals surface area contributed by atoms with Crippen molar-refractivity contribution in [3.8, 4) is 0 Å². The van der Waals surface area contributed by atoms with Gasteiger partial charge in [0, 0.05) is 12.0 Å². The van der Waals surface area contributed by atoms with Gasteiger partial charge in [0.25, 0.3) is 0 Å². The van der Waals surface area contributed by atoms with Gasteiger partial charge in [0.1, 0.15) is 0 Å². The second-order valence-corrected chi connectivity index (χ2v) is 4.38. The first kappa shape index (κ1) is 9.19. The summed E-state index contributed by atoms with van der Waals surface area (Å²) < 4.78 is 5.36. The van der Waals surface area contributed by atoms with Crippen molar-refractivity contribution in [3.05, 3.63) is 21.9 Å². The minimum Gasteiger partial charge on any atom is -0.380 e. The molecule has 0 saturated heterocycles. The zero-order valence-corrected chi connectivity index (χ0v) is 8.86. The quantitative estimate of drug-likeness (QED) is 0.782. The first-order valence-electron chi connectivity index (χ1n) is 4.65. The molecule has 2 atom stereocenters. The molecule has 1 aliphatic heterocycles. The van der Waals surface area contributed by atoms with E-state index in [-0.39, 0.29) is 6.10 Å². The third-order valence-corrected chi connectivity index (χ3v) is 3.71. The van der Waals surface area contributed by atoms with Gasteiger partial charge in [0.05, 0.1) is 12.1 Å². The van der Waals surface area contributed by atoms with Crippen LogP contribution in [-0.2, 0) is 11.2 Å². The number of thiophene rings is 1. The third-order valence-electron chi connectivity index (χ3n) is 2.66. The van der Waals surface area contributed by atoms with Gasteiger partial charge in [-0.05, 0) is 36.9 Å². The topological polar surface area (TPSA) is 21.3 Å². The summed E-state index contributed by atoms with van der Waals surface area (Å²) in [5.74, 6) is 0. The van der Waals surface area contributed by atoms with Crippen LogP contribution in [0, 0.1) is 0 Å². The van der Waals surface area contributed by atoms with Gasteiger partial charge in [-0.3, -0.25) is 0 Å². The number of methoxy groups -OCH3 is 1. The molecule has 0 fully saturated rings. The van der Waals surface area contributed by atoms with Crippen LogP contribution in [0.25, 0.3) is 0 Å². The van der Waals surface area contributed by atoms with E-state index in [0.29, 0.717) is 6.04 Å². The van der Waals surface area contributed by atoms with Crippen LogP contribution < -0.4 is 5.32 Å². The van der Waals surface area contributed by atoms with Crippen LogP contribution in [0.4, 0.5) is 0 Å². The van der Waals surface area contributed by atoms with E-state index >= 15 is 0 Å². The summed E-state index contributed by atoms with van der Waals surface area (Å²) in [5, 5.41) is 5.67. The summed E-state index contributed by atoms with van der Waals surface area (Å²) in [5.41, 5.74) is 1.50. The van der Waals surface area contributed by atoms with Gasteiger partial charge in [-0.15, -0.1) is 11.3 Å². The van der Waals surface area contributed by atoms with Crippen LogP contribution in [0.3, 0.4) is 0 Å². The molecule has 72 valence electrons. The highest BCUT2D eigenvalue weighted by molar-refractivity contribution is 7.10. The Morgan fingerprint density at radius 1 is 1.69 bits per heavy atom. The molecule has 2 rings (SSSR count). The van der Waals surface area contributed by atoms with Crippen LogP contribution >= 0.6 is 11.3 Å². The van der Waals surface area contributed by atoms with Gasteiger partial charge >= 0.3 is 0 Å². The van der Waals surface area contributed by atoms with Crippen molar-refractivity contribution in [2.75, 3.05) is 13.7 Å². The second kappa shape index (κ2) is 3.78. The van der Waals surface area contributed by atoms with Crippen molar-refractivity contribution < 1.29 is 4.74 Å². The van der Waals surface area contributed by atoms with Crippen LogP contribution in [-0.4, -0.2) is 19.8 Å². The number of fused-ring (bicyclic) bond motifs is 1. The molecular formula is C10H15NOS. The van der Waals surface area contributed by atoms with Crippen LogP contribution in [0.1, 0.15) is 23.4 Å². The van der Waals surface area contributed by atoms with Gasteiger partial charge in [-0.2, -0.15) is 0 Å². The summed E-state index contributed by atoms with van der Waals surface area (Å²) in [6, 6.07) is 2.63. The van der Waals surface area contributed by atoms with Crippen molar-refractivity contribution in [2.45, 2.75) is 25.5 Å². The van der Waals surface area contributed by atoms with Crippen molar-refractivity contribution in [1.82, 2.24) is 5.32 Å². The first-order chi connectivity index (χ1) is 6.33. The molecule has 1 aliphatic rings. The lowest BCUT2D eigenvalue weighted by Crippen LogP contribution is -2.36. The lowest BCUT2D eigenvalue weighted by molar-refractivity contribution is 0.0821. The molecule has 0 bridgehead atoms. The van der Waals surface area contributed by atoms with Crippen LogP contribution in [0.5, 0.6) is 0 Å². The molecule has 0 spiro atoms. The molecule has 1 aromatic rings. The Kier molecular flexibility index (Phi) is 2.67. The Morgan fingerprint density at radius 3 is 3.31 bits per heavy atom. The molecule has 3 heteroatoms. The Morgan fingerprint density at radius 2 is 2.54 bits per heavy atom. The Hall–Kier alpha value is -0.380. The predicted octanol–water partition coefficient (Wildman–Crippen LogP) is 1.97. The van der Waals surface area contributed by atoms with Crippen LogP contribution in [0.15, 0.2) is 11.4 Å². The van der Waals surface area contributed by atoms with E-state index in [9.17, 15) is 0 Å². The maximum absolute atomic E-state index is 5.36. The van der Waals surface area contributed by atoms with Crippen molar-refractivity contribution in [3.63, 3.8) is 0 Å². The maximum atomic E-state index is 5.36. The molecule has 2 nitrogen and oxygen atoms in total. The Balaban J connectivity index is 2.24. The summed E-state index contributed by atoms with van der Waals surface area (Å²) in [6.45, 7) is 3.19. The molecule has 0 amide bonds. The molecule has 2 unspecified atom stereocenters. The van der Waals surface area contributed by atoms with Gasteiger partial charge < -0.3 is 10.1 Å². The van der Waals surface area contributed by atoms with Crippen molar-refractivity contribution in [1.29, 1.82) is 0 Å². The fraction of sp³-hybridized carbons (Fsp3) is 0.600. The summed E-state index contributed by atoms with van der Waals surface area (Å²) in [6.07, 6.45) is 1.42. The largest absolute Gasteiger partial charge is 0.380 e. The SMILES string of the molecule is COC(C)C1NCCc2ccsc21. The Bertz CT molecular complexity index is 284. The minimum absolute atomic E-state index is 0.262. The maximum Gasteiger partial charge on any atom is 0.0745 e. The minimum atomic E-state index is 0.262.